The third-order valence-electron chi connectivity index (χ3n) is 2.56. The van der Waals surface area contributed by atoms with Crippen LogP contribution in [0.5, 0.6) is 5.75 Å². The van der Waals surface area contributed by atoms with Crippen LogP contribution in [-0.4, -0.2) is 7.11 Å². The Morgan fingerprint density at radius 1 is 0.944 bits per heavy atom. The maximum absolute atomic E-state index is 5.68. The Bertz CT molecular complexity index is 511. The first-order valence-electron chi connectivity index (χ1n) is 5.73. The minimum atomic E-state index is 0.587. The Labute approximate surface area is 116 Å². The van der Waals surface area contributed by atoms with Crippen LogP contribution >= 0.6 is 15.9 Å². The minimum absolute atomic E-state index is 0.587. The van der Waals surface area contributed by atoms with Crippen LogP contribution in [0.2, 0.25) is 0 Å². The number of halogens is 1. The van der Waals surface area contributed by atoms with E-state index >= 15 is 0 Å². The number of rotatable bonds is 5. The van der Waals surface area contributed by atoms with Gasteiger partial charge in [0.05, 0.1) is 20.3 Å². The van der Waals surface area contributed by atoms with Crippen LogP contribution in [0.25, 0.3) is 0 Å². The molecule has 0 N–H and O–H groups in total. The molecule has 0 aromatic heterocycles. The normalized spacial score (nSPS) is 10.3. The zero-order valence-corrected chi connectivity index (χ0v) is 11.8. The summed E-state index contributed by atoms with van der Waals surface area (Å²) in [7, 11) is 1.67. The molecule has 2 aromatic carbocycles. The van der Waals surface area contributed by atoms with E-state index in [2.05, 4.69) is 28.1 Å². The predicted octanol–water partition coefficient (Wildman–Crippen LogP) is 4.17. The summed E-state index contributed by atoms with van der Waals surface area (Å²) < 4.78 is 11.9. The minimum Gasteiger partial charge on any atom is -0.497 e. The van der Waals surface area contributed by atoms with E-state index in [0.29, 0.717) is 13.2 Å². The Balaban J connectivity index is 1.88. The molecular weight excluding hydrogens is 292 g/mol. The van der Waals surface area contributed by atoms with Gasteiger partial charge in [-0.3, -0.25) is 0 Å². The van der Waals surface area contributed by atoms with Crippen molar-refractivity contribution in [2.75, 3.05) is 7.11 Å². The van der Waals surface area contributed by atoms with E-state index in [1.807, 2.05) is 36.4 Å². The van der Waals surface area contributed by atoms with Gasteiger partial charge in [-0.15, -0.1) is 0 Å². The van der Waals surface area contributed by atoms with Crippen molar-refractivity contribution in [3.63, 3.8) is 0 Å². The third-order valence-corrected chi connectivity index (χ3v) is 3.05. The SMILES string of the molecule is COc1cccc(COCc2cccc(Br)c2)c1. The van der Waals surface area contributed by atoms with Crippen LogP contribution in [0, 0.1) is 0 Å². The molecule has 0 aliphatic heterocycles. The van der Waals surface area contributed by atoms with Gasteiger partial charge in [-0.25, -0.2) is 0 Å². The summed E-state index contributed by atoms with van der Waals surface area (Å²) in [5.74, 6) is 0.860. The van der Waals surface area contributed by atoms with Gasteiger partial charge in [0, 0.05) is 4.47 Å². The average molecular weight is 307 g/mol. The van der Waals surface area contributed by atoms with Crippen LogP contribution < -0.4 is 4.74 Å². The van der Waals surface area contributed by atoms with Crippen molar-refractivity contribution in [3.8, 4) is 5.75 Å². The largest absolute Gasteiger partial charge is 0.497 e. The van der Waals surface area contributed by atoms with E-state index in [1.165, 1.54) is 0 Å². The van der Waals surface area contributed by atoms with Crippen molar-refractivity contribution in [3.05, 3.63) is 64.1 Å². The number of ether oxygens (including phenoxy) is 2. The molecule has 0 atom stereocenters. The van der Waals surface area contributed by atoms with Gasteiger partial charge >= 0.3 is 0 Å². The first kappa shape index (κ1) is 13.1. The zero-order chi connectivity index (χ0) is 12.8. The highest BCUT2D eigenvalue weighted by Gasteiger charge is 1.98. The molecule has 2 rings (SSSR count). The predicted molar refractivity (Wildman–Crippen MR) is 75.6 cm³/mol. The van der Waals surface area contributed by atoms with Gasteiger partial charge in [0.25, 0.3) is 0 Å². The van der Waals surface area contributed by atoms with E-state index in [1.54, 1.807) is 7.11 Å². The fraction of sp³-hybridized carbons (Fsp3) is 0.200. The molecule has 94 valence electrons. The van der Waals surface area contributed by atoms with Gasteiger partial charge in [0.1, 0.15) is 5.75 Å². The molecule has 18 heavy (non-hydrogen) atoms. The lowest BCUT2D eigenvalue weighted by molar-refractivity contribution is 0.107. The Kier molecular flexibility index (Phi) is 4.79. The molecular formula is C15H15BrO2. The lowest BCUT2D eigenvalue weighted by Crippen LogP contribution is -1.94. The molecule has 0 saturated heterocycles. The van der Waals surface area contributed by atoms with Gasteiger partial charge in [0.15, 0.2) is 0 Å². The molecule has 0 aliphatic rings. The molecule has 0 amide bonds. The lowest BCUT2D eigenvalue weighted by Gasteiger charge is -2.06. The van der Waals surface area contributed by atoms with Gasteiger partial charge < -0.3 is 9.47 Å². The van der Waals surface area contributed by atoms with Crippen LogP contribution in [0.15, 0.2) is 53.0 Å². The van der Waals surface area contributed by atoms with Crippen molar-refractivity contribution in [2.24, 2.45) is 0 Å². The Morgan fingerprint density at radius 3 is 2.28 bits per heavy atom. The lowest BCUT2D eigenvalue weighted by atomic mass is 10.2. The molecule has 3 heteroatoms. The highest BCUT2D eigenvalue weighted by Crippen LogP contribution is 2.15. The maximum atomic E-state index is 5.68. The molecule has 2 aromatic rings. The molecule has 0 fully saturated rings. The first-order chi connectivity index (χ1) is 8.78. The fourth-order valence-electron chi connectivity index (χ4n) is 1.68. The summed E-state index contributed by atoms with van der Waals surface area (Å²) in [6.45, 7) is 1.19. The standard InChI is InChI=1S/C15H15BrO2/c1-17-15-7-3-5-13(9-15)11-18-10-12-4-2-6-14(16)8-12/h2-9H,10-11H2,1H3. The molecule has 0 bridgehead atoms. The second kappa shape index (κ2) is 6.57. The van der Waals surface area contributed by atoms with Crippen molar-refractivity contribution in [1.82, 2.24) is 0 Å². The van der Waals surface area contributed by atoms with Crippen LogP contribution in [0.3, 0.4) is 0 Å². The van der Waals surface area contributed by atoms with E-state index < -0.39 is 0 Å². The van der Waals surface area contributed by atoms with E-state index in [0.717, 1.165) is 21.3 Å². The summed E-state index contributed by atoms with van der Waals surface area (Å²) in [5.41, 5.74) is 2.27. The maximum Gasteiger partial charge on any atom is 0.119 e. The van der Waals surface area contributed by atoms with Crippen molar-refractivity contribution >= 4 is 15.9 Å². The first-order valence-corrected chi connectivity index (χ1v) is 6.52. The summed E-state index contributed by atoms with van der Waals surface area (Å²) in [5, 5.41) is 0. The molecule has 0 saturated carbocycles. The molecule has 0 heterocycles. The van der Waals surface area contributed by atoms with Crippen LogP contribution in [-0.2, 0) is 18.0 Å². The number of hydrogen-bond donors (Lipinski definition) is 0. The summed E-state index contributed by atoms with van der Waals surface area (Å²) in [6.07, 6.45) is 0. The Morgan fingerprint density at radius 2 is 1.61 bits per heavy atom. The van der Waals surface area contributed by atoms with Gasteiger partial charge in [-0.1, -0.05) is 40.2 Å². The van der Waals surface area contributed by atoms with Crippen molar-refractivity contribution in [1.29, 1.82) is 0 Å². The van der Waals surface area contributed by atoms with Crippen molar-refractivity contribution in [2.45, 2.75) is 13.2 Å². The molecule has 0 unspecified atom stereocenters. The highest BCUT2D eigenvalue weighted by atomic mass is 79.9. The number of benzene rings is 2. The average Bonchev–Trinajstić information content (AvgIpc) is 2.39. The second-order valence-electron chi connectivity index (χ2n) is 3.97. The molecule has 2 nitrogen and oxygen atoms in total. The van der Waals surface area contributed by atoms with E-state index in [4.69, 9.17) is 9.47 Å². The van der Waals surface area contributed by atoms with Gasteiger partial charge in [0.2, 0.25) is 0 Å². The van der Waals surface area contributed by atoms with Gasteiger partial charge in [-0.05, 0) is 35.4 Å². The van der Waals surface area contributed by atoms with Crippen LogP contribution in [0.4, 0.5) is 0 Å². The number of hydrogen-bond acceptors (Lipinski definition) is 2. The fourth-order valence-corrected chi connectivity index (χ4v) is 2.12. The second-order valence-corrected chi connectivity index (χ2v) is 4.89. The topological polar surface area (TPSA) is 18.5 Å². The summed E-state index contributed by atoms with van der Waals surface area (Å²) in [6, 6.07) is 16.0. The van der Waals surface area contributed by atoms with E-state index in [-0.39, 0.29) is 0 Å². The highest BCUT2D eigenvalue weighted by molar-refractivity contribution is 9.10. The molecule has 0 spiro atoms. The number of methoxy groups -OCH3 is 1. The molecule has 0 radical (unpaired) electrons. The quantitative estimate of drug-likeness (QED) is 0.825. The Hall–Kier alpha value is -1.32. The van der Waals surface area contributed by atoms with Gasteiger partial charge in [-0.2, -0.15) is 0 Å². The smallest absolute Gasteiger partial charge is 0.119 e. The summed E-state index contributed by atoms with van der Waals surface area (Å²) >= 11 is 3.45. The van der Waals surface area contributed by atoms with Crippen LogP contribution in [0.1, 0.15) is 11.1 Å². The molecule has 0 aliphatic carbocycles. The van der Waals surface area contributed by atoms with E-state index in [9.17, 15) is 0 Å². The van der Waals surface area contributed by atoms with Crippen molar-refractivity contribution < 1.29 is 9.47 Å². The zero-order valence-electron chi connectivity index (χ0n) is 10.2. The third kappa shape index (κ3) is 3.86. The monoisotopic (exact) mass is 306 g/mol. The summed E-state index contributed by atoms with van der Waals surface area (Å²) in [4.78, 5) is 0.